The van der Waals surface area contributed by atoms with Crippen LogP contribution in [0.25, 0.3) is 17.0 Å². The number of fused-ring (bicyclic) bond motifs is 1. The van der Waals surface area contributed by atoms with Crippen LogP contribution in [0, 0.1) is 0 Å². The van der Waals surface area contributed by atoms with Gasteiger partial charge in [-0.15, -0.1) is 0 Å². The number of benzene rings is 1. The molecule has 0 atom stereocenters. The summed E-state index contributed by atoms with van der Waals surface area (Å²) in [7, 11) is 0. The van der Waals surface area contributed by atoms with Gasteiger partial charge >= 0.3 is 5.97 Å². The molecule has 2 aromatic rings. The van der Waals surface area contributed by atoms with E-state index in [1.54, 1.807) is 0 Å². The number of carboxylic acids is 1. The Morgan fingerprint density at radius 1 is 1.38 bits per heavy atom. The van der Waals surface area contributed by atoms with E-state index in [9.17, 15) is 4.79 Å². The fourth-order valence-corrected chi connectivity index (χ4v) is 1.60. The molecule has 1 aromatic heterocycles. The molecule has 0 amide bonds. The molecule has 0 saturated heterocycles. The molecular formula is C12H8ClNO2. The Bertz CT molecular complexity index is 578. The van der Waals surface area contributed by atoms with Crippen LogP contribution in [-0.4, -0.2) is 16.1 Å². The molecule has 0 aliphatic carbocycles. The summed E-state index contributed by atoms with van der Waals surface area (Å²) in [5.74, 6) is -1.01. The number of carbonyl (C=O) groups is 1. The lowest BCUT2D eigenvalue weighted by molar-refractivity contribution is -0.131. The van der Waals surface area contributed by atoms with Crippen molar-refractivity contribution in [1.82, 2.24) is 4.98 Å². The molecule has 1 N–H and O–H groups in total. The van der Waals surface area contributed by atoms with Gasteiger partial charge in [0.2, 0.25) is 0 Å². The van der Waals surface area contributed by atoms with Crippen molar-refractivity contribution in [2.45, 2.75) is 0 Å². The molecule has 80 valence electrons. The van der Waals surface area contributed by atoms with E-state index in [1.165, 1.54) is 6.08 Å². The van der Waals surface area contributed by atoms with E-state index in [2.05, 4.69) is 4.98 Å². The van der Waals surface area contributed by atoms with Crippen molar-refractivity contribution in [3.63, 3.8) is 0 Å². The number of para-hydroxylation sites is 1. The lowest BCUT2D eigenvalue weighted by atomic mass is 10.1. The van der Waals surface area contributed by atoms with Gasteiger partial charge in [0, 0.05) is 17.0 Å². The molecule has 2 rings (SSSR count). The van der Waals surface area contributed by atoms with E-state index in [4.69, 9.17) is 16.7 Å². The first kappa shape index (κ1) is 10.6. The predicted molar refractivity (Wildman–Crippen MR) is 63.4 cm³/mol. The second-order valence-corrected chi connectivity index (χ2v) is 3.59. The third-order valence-electron chi connectivity index (χ3n) is 2.11. The summed E-state index contributed by atoms with van der Waals surface area (Å²) in [6, 6.07) is 9.33. The number of carboxylic acid groups (broad SMARTS) is 1. The maximum absolute atomic E-state index is 10.4. The van der Waals surface area contributed by atoms with Crippen LogP contribution in [0.15, 0.2) is 36.4 Å². The summed E-state index contributed by atoms with van der Waals surface area (Å²) in [5, 5.41) is 9.76. The van der Waals surface area contributed by atoms with Crippen LogP contribution in [0.2, 0.25) is 5.15 Å². The first-order chi connectivity index (χ1) is 7.66. The second kappa shape index (κ2) is 4.33. The zero-order valence-corrected chi connectivity index (χ0v) is 8.98. The Morgan fingerprint density at radius 3 is 2.88 bits per heavy atom. The third-order valence-corrected chi connectivity index (χ3v) is 2.41. The summed E-state index contributed by atoms with van der Waals surface area (Å²) in [4.78, 5) is 14.6. The maximum Gasteiger partial charge on any atom is 0.328 e. The van der Waals surface area contributed by atoms with Gasteiger partial charge in [0.15, 0.2) is 0 Å². The molecule has 0 aliphatic rings. The molecule has 4 heteroatoms. The van der Waals surface area contributed by atoms with Crippen LogP contribution >= 0.6 is 11.6 Å². The summed E-state index contributed by atoms with van der Waals surface area (Å²) in [6.07, 6.45) is 2.47. The Morgan fingerprint density at radius 2 is 2.12 bits per heavy atom. The zero-order valence-electron chi connectivity index (χ0n) is 8.22. The van der Waals surface area contributed by atoms with Gasteiger partial charge in [0.1, 0.15) is 5.15 Å². The van der Waals surface area contributed by atoms with Crippen molar-refractivity contribution >= 4 is 34.5 Å². The fraction of sp³-hybridized carbons (Fsp3) is 0. The quantitative estimate of drug-likeness (QED) is 0.641. The Kier molecular flexibility index (Phi) is 2.88. The molecule has 0 unspecified atom stereocenters. The minimum Gasteiger partial charge on any atom is -0.478 e. The number of hydrogen-bond acceptors (Lipinski definition) is 2. The molecule has 0 radical (unpaired) electrons. The first-order valence-electron chi connectivity index (χ1n) is 4.63. The van der Waals surface area contributed by atoms with E-state index < -0.39 is 5.97 Å². The van der Waals surface area contributed by atoms with Crippen molar-refractivity contribution in [3.8, 4) is 0 Å². The lowest BCUT2D eigenvalue weighted by Crippen LogP contribution is -1.88. The molecule has 0 saturated carbocycles. The molecule has 0 fully saturated rings. The maximum atomic E-state index is 10.4. The van der Waals surface area contributed by atoms with Gasteiger partial charge in [-0.05, 0) is 18.2 Å². The summed E-state index contributed by atoms with van der Waals surface area (Å²) >= 11 is 5.93. The molecule has 0 bridgehead atoms. The van der Waals surface area contributed by atoms with Crippen LogP contribution < -0.4 is 0 Å². The van der Waals surface area contributed by atoms with Crippen molar-refractivity contribution in [3.05, 3.63) is 47.1 Å². The van der Waals surface area contributed by atoms with Crippen molar-refractivity contribution in [1.29, 1.82) is 0 Å². The van der Waals surface area contributed by atoms with Crippen LogP contribution in [0.3, 0.4) is 0 Å². The number of aromatic nitrogens is 1. The van der Waals surface area contributed by atoms with Crippen molar-refractivity contribution in [2.75, 3.05) is 0 Å². The van der Waals surface area contributed by atoms with Gasteiger partial charge in [-0.3, -0.25) is 0 Å². The highest BCUT2D eigenvalue weighted by molar-refractivity contribution is 6.31. The molecule has 3 nitrogen and oxygen atoms in total. The fourth-order valence-electron chi connectivity index (χ4n) is 1.39. The number of aliphatic carboxylic acids is 1. The first-order valence-corrected chi connectivity index (χ1v) is 5.01. The van der Waals surface area contributed by atoms with E-state index >= 15 is 0 Å². The Labute approximate surface area is 97.0 Å². The van der Waals surface area contributed by atoms with Gasteiger partial charge in [-0.2, -0.15) is 0 Å². The normalized spacial score (nSPS) is 11.1. The van der Waals surface area contributed by atoms with Crippen LogP contribution in [0.5, 0.6) is 0 Å². The van der Waals surface area contributed by atoms with Crippen molar-refractivity contribution < 1.29 is 9.90 Å². The van der Waals surface area contributed by atoms with Gasteiger partial charge in [0.05, 0.1) is 5.52 Å². The summed E-state index contributed by atoms with van der Waals surface area (Å²) in [6.45, 7) is 0. The molecular weight excluding hydrogens is 226 g/mol. The lowest BCUT2D eigenvalue weighted by Gasteiger charge is -2.01. The standard InChI is InChI=1S/C12H8ClNO2/c13-12-9(5-6-11(15)16)7-8-3-1-2-4-10(8)14-12/h1-7H,(H,15,16). The molecule has 0 spiro atoms. The monoisotopic (exact) mass is 233 g/mol. The Balaban J connectivity index is 2.54. The van der Waals surface area contributed by atoms with Gasteiger partial charge in [-0.25, -0.2) is 9.78 Å². The third kappa shape index (κ3) is 2.20. The molecule has 0 aliphatic heterocycles. The summed E-state index contributed by atoms with van der Waals surface area (Å²) < 4.78 is 0. The smallest absolute Gasteiger partial charge is 0.328 e. The second-order valence-electron chi connectivity index (χ2n) is 3.23. The Hall–Kier alpha value is -1.87. The van der Waals surface area contributed by atoms with Crippen LogP contribution in [0.1, 0.15) is 5.56 Å². The highest BCUT2D eigenvalue weighted by atomic mass is 35.5. The molecule has 16 heavy (non-hydrogen) atoms. The minimum atomic E-state index is -1.01. The average molecular weight is 234 g/mol. The topological polar surface area (TPSA) is 50.2 Å². The minimum absolute atomic E-state index is 0.302. The average Bonchev–Trinajstić information content (AvgIpc) is 2.26. The van der Waals surface area contributed by atoms with E-state index in [1.807, 2.05) is 30.3 Å². The number of nitrogens with zero attached hydrogens (tertiary/aromatic N) is 1. The number of rotatable bonds is 2. The van der Waals surface area contributed by atoms with E-state index in [0.29, 0.717) is 10.7 Å². The highest BCUT2D eigenvalue weighted by Gasteiger charge is 2.02. The van der Waals surface area contributed by atoms with Crippen molar-refractivity contribution in [2.24, 2.45) is 0 Å². The van der Waals surface area contributed by atoms with E-state index in [-0.39, 0.29) is 0 Å². The summed E-state index contributed by atoms with van der Waals surface area (Å²) in [5.41, 5.74) is 1.39. The van der Waals surface area contributed by atoms with Crippen LogP contribution in [0.4, 0.5) is 0 Å². The van der Waals surface area contributed by atoms with Gasteiger partial charge in [0.25, 0.3) is 0 Å². The number of halogens is 1. The predicted octanol–water partition coefficient (Wildman–Crippen LogP) is 2.99. The highest BCUT2D eigenvalue weighted by Crippen LogP contribution is 2.21. The zero-order chi connectivity index (χ0) is 11.5. The van der Waals surface area contributed by atoms with Gasteiger partial charge in [-0.1, -0.05) is 29.8 Å². The number of hydrogen-bond donors (Lipinski definition) is 1. The number of pyridine rings is 1. The van der Waals surface area contributed by atoms with E-state index in [0.717, 1.165) is 17.0 Å². The molecule has 1 aromatic carbocycles. The SMILES string of the molecule is O=C(O)C=Cc1cc2ccccc2nc1Cl. The largest absolute Gasteiger partial charge is 0.478 e. The molecule has 1 heterocycles. The van der Waals surface area contributed by atoms with Crippen LogP contribution in [-0.2, 0) is 4.79 Å². The van der Waals surface area contributed by atoms with Gasteiger partial charge < -0.3 is 5.11 Å².